The number of carbonyl (C=O) groups excluding carboxylic acids is 1. The van der Waals surface area contributed by atoms with Gasteiger partial charge in [-0.15, -0.1) is 11.3 Å². The third-order valence-corrected chi connectivity index (χ3v) is 7.96. The topological polar surface area (TPSA) is 79.1 Å². The highest BCUT2D eigenvalue weighted by Crippen LogP contribution is 2.33. The molecule has 0 bridgehead atoms. The van der Waals surface area contributed by atoms with E-state index in [1.807, 2.05) is 72.1 Å². The van der Waals surface area contributed by atoms with E-state index in [1.165, 1.54) is 22.7 Å². The van der Waals surface area contributed by atoms with Gasteiger partial charge in [0, 0.05) is 4.88 Å². The number of thiazole rings is 1. The van der Waals surface area contributed by atoms with E-state index in [1.54, 1.807) is 25.5 Å². The van der Waals surface area contributed by atoms with E-state index in [0.29, 0.717) is 38.7 Å². The largest absolute Gasteiger partial charge is 0.493 e. The second-order valence-electron chi connectivity index (χ2n) is 8.50. The van der Waals surface area contributed by atoms with E-state index in [-0.39, 0.29) is 12.2 Å². The fraction of sp³-hybridized carbons (Fsp3) is 0.207. The Morgan fingerprint density at radius 2 is 1.92 bits per heavy atom. The summed E-state index contributed by atoms with van der Waals surface area (Å²) in [7, 11) is 1.59. The minimum Gasteiger partial charge on any atom is -0.493 e. The van der Waals surface area contributed by atoms with E-state index in [9.17, 15) is 9.59 Å². The molecule has 0 unspecified atom stereocenters. The Morgan fingerprint density at radius 1 is 1.11 bits per heavy atom. The van der Waals surface area contributed by atoms with Crippen LogP contribution in [0, 0.1) is 0 Å². The number of rotatable bonds is 8. The first kappa shape index (κ1) is 25.7. The molecule has 0 saturated heterocycles. The van der Waals surface area contributed by atoms with Crippen LogP contribution in [0.3, 0.4) is 0 Å². The molecule has 9 heteroatoms. The number of hydrogen-bond donors (Lipinski definition) is 0. The van der Waals surface area contributed by atoms with Crippen LogP contribution in [0.25, 0.3) is 6.08 Å². The van der Waals surface area contributed by atoms with Crippen molar-refractivity contribution in [2.75, 3.05) is 13.7 Å². The number of carbonyl (C=O) groups is 1. The van der Waals surface area contributed by atoms with Gasteiger partial charge in [0.1, 0.15) is 12.6 Å². The molecule has 0 spiro atoms. The predicted octanol–water partition coefficient (Wildman–Crippen LogP) is 4.45. The first-order valence-corrected chi connectivity index (χ1v) is 13.8. The van der Waals surface area contributed by atoms with Crippen LogP contribution in [0.15, 0.2) is 87.1 Å². The Hall–Kier alpha value is -3.95. The molecule has 1 aliphatic heterocycles. The number of benzene rings is 2. The second kappa shape index (κ2) is 11.2. The fourth-order valence-electron chi connectivity index (χ4n) is 4.29. The van der Waals surface area contributed by atoms with E-state index < -0.39 is 12.0 Å². The summed E-state index contributed by atoms with van der Waals surface area (Å²) in [6, 6.07) is 18.7. The maximum Gasteiger partial charge on any atom is 0.338 e. The highest BCUT2D eigenvalue weighted by molar-refractivity contribution is 7.10. The lowest BCUT2D eigenvalue weighted by Crippen LogP contribution is -2.39. The Bertz CT molecular complexity index is 1670. The molecule has 2 aromatic heterocycles. The zero-order valence-electron chi connectivity index (χ0n) is 21.2. The lowest BCUT2D eigenvalue weighted by atomic mass is 10.0. The van der Waals surface area contributed by atoms with Crippen molar-refractivity contribution in [2.24, 2.45) is 4.99 Å². The Balaban J connectivity index is 1.53. The quantitative estimate of drug-likeness (QED) is 0.305. The number of ether oxygens (including phenoxy) is 3. The van der Waals surface area contributed by atoms with Gasteiger partial charge in [0.15, 0.2) is 16.3 Å². The summed E-state index contributed by atoms with van der Waals surface area (Å²) < 4.78 is 19.0. The molecule has 7 nitrogen and oxygen atoms in total. The van der Waals surface area contributed by atoms with Crippen molar-refractivity contribution in [1.82, 2.24) is 4.57 Å². The van der Waals surface area contributed by atoms with Gasteiger partial charge in [-0.1, -0.05) is 53.8 Å². The molecule has 0 saturated carbocycles. The van der Waals surface area contributed by atoms with Crippen LogP contribution >= 0.6 is 22.7 Å². The number of thiophene rings is 1. The maximum atomic E-state index is 13.7. The van der Waals surface area contributed by atoms with Crippen LogP contribution in [0.1, 0.15) is 35.9 Å². The van der Waals surface area contributed by atoms with Gasteiger partial charge in [-0.2, -0.15) is 0 Å². The van der Waals surface area contributed by atoms with Crippen LogP contribution in [0.5, 0.6) is 11.5 Å². The zero-order chi connectivity index (χ0) is 26.6. The van der Waals surface area contributed by atoms with E-state index in [0.717, 1.165) is 16.0 Å². The van der Waals surface area contributed by atoms with Crippen LogP contribution in [-0.4, -0.2) is 24.3 Å². The molecule has 2 aromatic carbocycles. The molecule has 1 aliphatic rings. The van der Waals surface area contributed by atoms with Gasteiger partial charge in [-0.05, 0) is 54.6 Å². The number of methoxy groups -OCH3 is 1. The highest BCUT2D eigenvalue weighted by Gasteiger charge is 2.33. The van der Waals surface area contributed by atoms with Crippen LogP contribution in [0.2, 0.25) is 0 Å². The Labute approximate surface area is 227 Å². The minimum absolute atomic E-state index is 0.218. The van der Waals surface area contributed by atoms with Crippen molar-refractivity contribution in [2.45, 2.75) is 26.5 Å². The van der Waals surface area contributed by atoms with E-state index in [4.69, 9.17) is 14.2 Å². The van der Waals surface area contributed by atoms with Crippen molar-refractivity contribution >= 4 is 34.7 Å². The van der Waals surface area contributed by atoms with Gasteiger partial charge in [0.05, 0.1) is 29.5 Å². The fourth-order valence-corrected chi connectivity index (χ4v) is 6.16. The first-order chi connectivity index (χ1) is 18.5. The van der Waals surface area contributed by atoms with Crippen molar-refractivity contribution < 1.29 is 19.0 Å². The van der Waals surface area contributed by atoms with Crippen molar-refractivity contribution in [3.8, 4) is 11.5 Å². The van der Waals surface area contributed by atoms with Crippen LogP contribution in [-0.2, 0) is 16.1 Å². The molecule has 5 rings (SSSR count). The molecule has 4 aromatic rings. The van der Waals surface area contributed by atoms with Gasteiger partial charge in [-0.25, -0.2) is 9.79 Å². The summed E-state index contributed by atoms with van der Waals surface area (Å²) in [5, 5.41) is 1.93. The standard InChI is InChI=1S/C29H26N2O5S2/c1-4-35-28(33)25-18(2)30-29-31(26(25)23-11-8-14-37-23)27(32)24(38-29)16-20-12-13-21(22(15-20)34-3)36-17-19-9-6-5-7-10-19/h5-16,26H,4,17H2,1-3H3/b24-16+/t26-/m0/s1. The molecule has 0 N–H and O–H groups in total. The van der Waals surface area contributed by atoms with Crippen LogP contribution < -0.4 is 24.4 Å². The number of fused-ring (bicyclic) bond motifs is 1. The van der Waals surface area contributed by atoms with Crippen molar-refractivity contribution in [3.63, 3.8) is 0 Å². The number of allylic oxidation sites excluding steroid dienone is 1. The number of esters is 1. The molecule has 38 heavy (non-hydrogen) atoms. The van der Waals surface area contributed by atoms with Gasteiger partial charge in [-0.3, -0.25) is 9.36 Å². The zero-order valence-corrected chi connectivity index (χ0v) is 22.8. The summed E-state index contributed by atoms with van der Waals surface area (Å²) >= 11 is 2.77. The second-order valence-corrected chi connectivity index (χ2v) is 10.5. The highest BCUT2D eigenvalue weighted by atomic mass is 32.1. The summed E-state index contributed by atoms with van der Waals surface area (Å²) in [5.74, 6) is 0.721. The molecule has 0 fully saturated rings. The number of aromatic nitrogens is 1. The molecule has 0 radical (unpaired) electrons. The molecule has 3 heterocycles. The third-order valence-electron chi connectivity index (χ3n) is 6.05. The molecule has 0 aliphatic carbocycles. The average molecular weight is 547 g/mol. The third kappa shape index (κ3) is 5.07. The van der Waals surface area contributed by atoms with Crippen molar-refractivity contribution in [3.05, 3.63) is 113 Å². The summed E-state index contributed by atoms with van der Waals surface area (Å²) in [5.41, 5.74) is 2.56. The van der Waals surface area contributed by atoms with E-state index >= 15 is 0 Å². The lowest BCUT2D eigenvalue weighted by molar-refractivity contribution is -0.139. The average Bonchev–Trinajstić information content (AvgIpc) is 3.56. The smallest absolute Gasteiger partial charge is 0.338 e. The normalized spacial score (nSPS) is 15.1. The lowest BCUT2D eigenvalue weighted by Gasteiger charge is -2.23. The van der Waals surface area contributed by atoms with Crippen LogP contribution in [0.4, 0.5) is 0 Å². The Morgan fingerprint density at radius 3 is 2.63 bits per heavy atom. The van der Waals surface area contributed by atoms with Crippen molar-refractivity contribution in [1.29, 1.82) is 0 Å². The van der Waals surface area contributed by atoms with Gasteiger partial charge >= 0.3 is 5.97 Å². The summed E-state index contributed by atoms with van der Waals surface area (Å²) in [6.45, 7) is 4.20. The summed E-state index contributed by atoms with van der Waals surface area (Å²) in [6.07, 6.45) is 1.81. The number of nitrogens with zero attached hydrogens (tertiary/aromatic N) is 2. The molecule has 1 atom stereocenters. The monoisotopic (exact) mass is 546 g/mol. The minimum atomic E-state index is -0.587. The molecular formula is C29H26N2O5S2. The molecular weight excluding hydrogens is 520 g/mol. The van der Waals surface area contributed by atoms with Gasteiger partial charge in [0.25, 0.3) is 5.56 Å². The molecule has 194 valence electrons. The van der Waals surface area contributed by atoms with Gasteiger partial charge < -0.3 is 14.2 Å². The van der Waals surface area contributed by atoms with E-state index in [2.05, 4.69) is 4.99 Å². The number of hydrogen-bond acceptors (Lipinski definition) is 8. The first-order valence-electron chi connectivity index (χ1n) is 12.1. The summed E-state index contributed by atoms with van der Waals surface area (Å²) in [4.78, 5) is 32.6. The Kier molecular flexibility index (Phi) is 7.57. The SMILES string of the molecule is CCOC(=O)C1=C(C)N=c2s/c(=C/c3ccc(OCc4ccccc4)c(OC)c3)c(=O)n2[C@H]1c1cccs1. The maximum absolute atomic E-state index is 13.7. The predicted molar refractivity (Wildman–Crippen MR) is 148 cm³/mol. The van der Waals surface area contributed by atoms with Gasteiger partial charge in [0.2, 0.25) is 0 Å². The molecule has 0 amide bonds.